The lowest BCUT2D eigenvalue weighted by atomic mass is 10.0. The van der Waals surface area contributed by atoms with Gasteiger partial charge in [0, 0.05) is 36.5 Å². The van der Waals surface area contributed by atoms with Crippen LogP contribution in [0.15, 0.2) is 41.2 Å². The zero-order chi connectivity index (χ0) is 24.4. The van der Waals surface area contributed by atoms with Crippen LogP contribution in [0, 0.1) is 0 Å². The minimum atomic E-state index is 0.239. The number of imidazole rings is 1. The maximum atomic E-state index is 6.08. The van der Waals surface area contributed by atoms with E-state index >= 15 is 0 Å². The number of fused-ring (bicyclic) bond motifs is 1. The zero-order valence-corrected chi connectivity index (χ0v) is 20.8. The van der Waals surface area contributed by atoms with Crippen molar-refractivity contribution in [1.82, 2.24) is 34.6 Å². The van der Waals surface area contributed by atoms with Crippen LogP contribution in [0.2, 0.25) is 0 Å². The van der Waals surface area contributed by atoms with Crippen LogP contribution < -0.4 is 5.73 Å². The van der Waals surface area contributed by atoms with Crippen LogP contribution in [0.3, 0.4) is 0 Å². The Balaban J connectivity index is 1.61. The van der Waals surface area contributed by atoms with Crippen LogP contribution in [-0.2, 0) is 13.1 Å². The van der Waals surface area contributed by atoms with E-state index in [2.05, 4.69) is 57.6 Å². The van der Waals surface area contributed by atoms with Gasteiger partial charge in [-0.15, -0.1) is 0 Å². The van der Waals surface area contributed by atoms with Crippen molar-refractivity contribution in [3.63, 3.8) is 0 Å². The first-order valence-electron chi connectivity index (χ1n) is 12.6. The van der Waals surface area contributed by atoms with Crippen LogP contribution in [0.4, 0.5) is 5.82 Å². The highest BCUT2D eigenvalue weighted by Crippen LogP contribution is 2.34. The summed E-state index contributed by atoms with van der Waals surface area (Å²) in [5.41, 5.74) is 11.5. The van der Waals surface area contributed by atoms with Crippen molar-refractivity contribution < 1.29 is 4.63 Å². The first-order chi connectivity index (χ1) is 17.1. The molecule has 4 aromatic rings. The van der Waals surface area contributed by atoms with E-state index in [4.69, 9.17) is 20.3 Å². The number of hydrogen-bond acceptors (Lipinski definition) is 8. The van der Waals surface area contributed by atoms with Crippen molar-refractivity contribution in [1.29, 1.82) is 0 Å². The lowest BCUT2D eigenvalue weighted by molar-refractivity contribution is 0.110. The Morgan fingerprint density at radius 1 is 1.03 bits per heavy atom. The van der Waals surface area contributed by atoms with Gasteiger partial charge in [0.1, 0.15) is 5.52 Å². The standard InChI is InChI=1S/C26H34N8O/c1-4-32-14-12-20(13-15-32)33(5-2)17-19-16-28-21(18-10-8-7-9-11-18)22-24(19)34(6-3)26(29-22)23-25(27)31-35-30-23/h7-11,16,20H,4-6,12-15,17H2,1-3H3,(H2,27,31). The van der Waals surface area contributed by atoms with Crippen LogP contribution in [-0.4, -0.2) is 66.9 Å². The number of nitrogen functional groups attached to an aromatic ring is 1. The molecular weight excluding hydrogens is 440 g/mol. The number of benzene rings is 1. The molecule has 1 saturated heterocycles. The molecule has 1 aliphatic rings. The van der Waals surface area contributed by atoms with Crippen molar-refractivity contribution in [3.8, 4) is 22.8 Å². The average Bonchev–Trinajstić information content (AvgIpc) is 3.51. The summed E-state index contributed by atoms with van der Waals surface area (Å²) in [4.78, 5) is 15.1. The number of pyridine rings is 1. The second-order valence-corrected chi connectivity index (χ2v) is 9.10. The molecule has 0 spiro atoms. The monoisotopic (exact) mass is 474 g/mol. The zero-order valence-electron chi connectivity index (χ0n) is 20.8. The van der Waals surface area contributed by atoms with Gasteiger partial charge in [0.05, 0.1) is 11.2 Å². The maximum Gasteiger partial charge on any atom is 0.199 e. The van der Waals surface area contributed by atoms with Gasteiger partial charge in [0.15, 0.2) is 17.3 Å². The molecule has 3 aromatic heterocycles. The van der Waals surface area contributed by atoms with Crippen LogP contribution in [0.5, 0.6) is 0 Å². The summed E-state index contributed by atoms with van der Waals surface area (Å²) in [6, 6.07) is 10.8. The second-order valence-electron chi connectivity index (χ2n) is 9.10. The predicted octanol–water partition coefficient (Wildman–Crippen LogP) is 4.06. The van der Waals surface area contributed by atoms with E-state index in [0.29, 0.717) is 24.1 Å². The van der Waals surface area contributed by atoms with Crippen LogP contribution in [0.25, 0.3) is 33.8 Å². The van der Waals surface area contributed by atoms with Gasteiger partial charge in [0.2, 0.25) is 0 Å². The van der Waals surface area contributed by atoms with Crippen molar-refractivity contribution in [3.05, 3.63) is 42.1 Å². The van der Waals surface area contributed by atoms with E-state index in [1.165, 1.54) is 12.8 Å². The van der Waals surface area contributed by atoms with Crippen LogP contribution in [0.1, 0.15) is 39.2 Å². The number of hydrogen-bond donors (Lipinski definition) is 1. The van der Waals surface area contributed by atoms with E-state index in [-0.39, 0.29) is 5.82 Å². The molecule has 0 amide bonds. The van der Waals surface area contributed by atoms with Crippen molar-refractivity contribution >= 4 is 16.9 Å². The number of nitrogens with two attached hydrogens (primary N) is 1. The maximum absolute atomic E-state index is 6.08. The van der Waals surface area contributed by atoms with Gasteiger partial charge in [-0.25, -0.2) is 9.61 Å². The number of rotatable bonds is 8. The lowest BCUT2D eigenvalue weighted by Gasteiger charge is -2.38. The Morgan fingerprint density at radius 2 is 1.80 bits per heavy atom. The Bertz CT molecular complexity index is 1270. The third-order valence-corrected chi connectivity index (χ3v) is 7.24. The van der Waals surface area contributed by atoms with E-state index < -0.39 is 0 Å². The number of aryl methyl sites for hydroxylation is 1. The minimum absolute atomic E-state index is 0.239. The van der Waals surface area contributed by atoms with Gasteiger partial charge in [-0.3, -0.25) is 9.88 Å². The van der Waals surface area contributed by atoms with E-state index in [9.17, 15) is 0 Å². The summed E-state index contributed by atoms with van der Waals surface area (Å²) >= 11 is 0. The highest BCUT2D eigenvalue weighted by molar-refractivity contribution is 5.94. The molecule has 1 aliphatic heterocycles. The molecule has 0 radical (unpaired) electrons. The summed E-state index contributed by atoms with van der Waals surface area (Å²) in [7, 11) is 0. The molecule has 0 bridgehead atoms. The Morgan fingerprint density at radius 3 is 2.43 bits per heavy atom. The van der Waals surface area contributed by atoms with Crippen molar-refractivity contribution in [2.24, 2.45) is 0 Å². The smallest absolute Gasteiger partial charge is 0.199 e. The number of piperidine rings is 1. The molecule has 9 nitrogen and oxygen atoms in total. The van der Waals surface area contributed by atoms with E-state index in [1.807, 2.05) is 24.4 Å². The molecule has 5 rings (SSSR count). The normalized spacial score (nSPS) is 15.4. The molecule has 0 aliphatic carbocycles. The molecule has 4 heterocycles. The number of likely N-dealkylation sites (tertiary alicyclic amines) is 1. The third kappa shape index (κ3) is 4.41. The molecule has 1 aromatic carbocycles. The number of anilines is 1. The predicted molar refractivity (Wildman–Crippen MR) is 138 cm³/mol. The SMILES string of the molecule is CCN1CCC(N(CC)Cc2cnc(-c3ccccc3)c3nc(-c4nonc4N)n(CC)c23)CC1. The summed E-state index contributed by atoms with van der Waals surface area (Å²) < 4.78 is 7.08. The van der Waals surface area contributed by atoms with Gasteiger partial charge in [0.25, 0.3) is 0 Å². The lowest BCUT2D eigenvalue weighted by Crippen LogP contribution is -2.44. The average molecular weight is 475 g/mol. The van der Waals surface area contributed by atoms with Gasteiger partial charge in [-0.05, 0) is 56.3 Å². The first kappa shape index (κ1) is 23.4. The molecule has 0 saturated carbocycles. The molecule has 2 N–H and O–H groups in total. The molecule has 0 unspecified atom stereocenters. The molecule has 35 heavy (non-hydrogen) atoms. The first-order valence-corrected chi connectivity index (χ1v) is 12.6. The van der Waals surface area contributed by atoms with Crippen molar-refractivity contribution in [2.75, 3.05) is 31.9 Å². The summed E-state index contributed by atoms with van der Waals surface area (Å²) in [6.07, 6.45) is 4.41. The van der Waals surface area contributed by atoms with Crippen molar-refractivity contribution in [2.45, 2.75) is 52.7 Å². The van der Waals surface area contributed by atoms with Gasteiger partial charge in [-0.2, -0.15) is 0 Å². The number of aromatic nitrogens is 5. The fourth-order valence-electron chi connectivity index (χ4n) is 5.29. The summed E-state index contributed by atoms with van der Waals surface area (Å²) in [6.45, 7) is 12.6. The molecule has 1 fully saturated rings. The van der Waals surface area contributed by atoms with Gasteiger partial charge < -0.3 is 15.2 Å². The topological polar surface area (TPSA) is 102 Å². The Labute approximate surface area is 205 Å². The summed E-state index contributed by atoms with van der Waals surface area (Å²) in [5, 5.41) is 7.85. The third-order valence-electron chi connectivity index (χ3n) is 7.24. The molecule has 9 heteroatoms. The summed E-state index contributed by atoms with van der Waals surface area (Å²) in [5.74, 6) is 0.899. The Hall–Kier alpha value is -3.30. The molecular formula is C26H34N8O. The van der Waals surface area contributed by atoms with E-state index in [0.717, 1.165) is 60.6 Å². The fraction of sp³-hybridized carbons (Fsp3) is 0.462. The largest absolute Gasteiger partial charge is 0.379 e. The number of nitrogens with zero attached hydrogens (tertiary/aromatic N) is 7. The minimum Gasteiger partial charge on any atom is -0.379 e. The van der Waals surface area contributed by atoms with E-state index in [1.54, 1.807) is 0 Å². The molecule has 0 atom stereocenters. The quantitative estimate of drug-likeness (QED) is 0.408. The van der Waals surface area contributed by atoms with Gasteiger partial charge in [-0.1, -0.05) is 44.2 Å². The highest BCUT2D eigenvalue weighted by Gasteiger charge is 2.27. The highest BCUT2D eigenvalue weighted by atomic mass is 16.6. The Kier molecular flexibility index (Phi) is 6.79. The fourth-order valence-corrected chi connectivity index (χ4v) is 5.29. The molecule has 184 valence electrons. The van der Waals surface area contributed by atoms with Crippen LogP contribution >= 0.6 is 0 Å². The van der Waals surface area contributed by atoms with Gasteiger partial charge >= 0.3 is 0 Å². The second kappa shape index (κ2) is 10.1.